The van der Waals surface area contributed by atoms with E-state index in [9.17, 15) is 14.4 Å². The first-order chi connectivity index (χ1) is 17.9. The van der Waals surface area contributed by atoms with Crippen molar-refractivity contribution in [3.05, 3.63) is 78.1 Å². The fraction of sp³-hybridized carbons (Fsp3) is 0.400. The Kier molecular flexibility index (Phi) is 6.96. The van der Waals surface area contributed by atoms with Gasteiger partial charge < -0.3 is 10.2 Å². The number of piperidine rings is 1. The van der Waals surface area contributed by atoms with E-state index in [0.717, 1.165) is 17.2 Å². The maximum absolute atomic E-state index is 13.8. The van der Waals surface area contributed by atoms with Crippen LogP contribution in [-0.4, -0.2) is 51.3 Å². The molecule has 0 unspecified atom stereocenters. The largest absolute Gasteiger partial charge is 0.339 e. The molecular weight excluding hydrogens is 464 g/mol. The molecule has 2 fully saturated rings. The van der Waals surface area contributed by atoms with Gasteiger partial charge in [0, 0.05) is 24.8 Å². The molecule has 0 bridgehead atoms. The first-order valence-corrected chi connectivity index (χ1v) is 13.2. The Hall–Kier alpha value is -3.74. The van der Waals surface area contributed by atoms with Crippen LogP contribution in [0.1, 0.15) is 55.6 Å². The number of carbonyl (C=O) groups excluding carboxylic acids is 3. The molecule has 0 spiro atoms. The number of hydrogen-bond acceptors (Lipinski definition) is 4. The van der Waals surface area contributed by atoms with E-state index in [1.54, 1.807) is 6.20 Å². The van der Waals surface area contributed by atoms with Crippen molar-refractivity contribution in [2.45, 2.75) is 51.6 Å². The van der Waals surface area contributed by atoms with Gasteiger partial charge in [0.05, 0.1) is 12.2 Å². The van der Waals surface area contributed by atoms with E-state index in [1.165, 1.54) is 4.90 Å². The Labute approximate surface area is 217 Å². The Morgan fingerprint density at radius 2 is 1.76 bits per heavy atom. The van der Waals surface area contributed by atoms with Gasteiger partial charge in [-0.2, -0.15) is 0 Å². The van der Waals surface area contributed by atoms with Gasteiger partial charge in [0.2, 0.25) is 0 Å². The Bertz CT molecular complexity index is 1300. The van der Waals surface area contributed by atoms with E-state index in [-0.39, 0.29) is 30.3 Å². The lowest BCUT2D eigenvalue weighted by atomic mass is 9.73. The second kappa shape index (κ2) is 10.3. The SMILES string of the molecule is CC(C)CC[C@@]1(C2CCN(C(=O)c3ccc4ccccc4c3)CC2)NC(=O)N(Cc2ccccn2)C1=O. The molecule has 4 amide bonds. The summed E-state index contributed by atoms with van der Waals surface area (Å²) in [5.74, 6) is 0.222. The van der Waals surface area contributed by atoms with Gasteiger partial charge in [0.25, 0.3) is 11.8 Å². The Morgan fingerprint density at radius 1 is 1.03 bits per heavy atom. The highest BCUT2D eigenvalue weighted by atomic mass is 16.2. The van der Waals surface area contributed by atoms with E-state index in [4.69, 9.17) is 0 Å². The number of fused-ring (bicyclic) bond motifs is 1. The molecule has 2 aromatic carbocycles. The van der Waals surface area contributed by atoms with Crippen molar-refractivity contribution < 1.29 is 14.4 Å². The molecule has 1 N–H and O–H groups in total. The monoisotopic (exact) mass is 498 g/mol. The van der Waals surface area contributed by atoms with Crippen LogP contribution in [0, 0.1) is 11.8 Å². The number of aromatic nitrogens is 1. The molecule has 3 heterocycles. The van der Waals surface area contributed by atoms with Gasteiger partial charge in [0.15, 0.2) is 0 Å². The zero-order valence-corrected chi connectivity index (χ0v) is 21.5. The summed E-state index contributed by atoms with van der Waals surface area (Å²) in [6.07, 6.45) is 4.43. The van der Waals surface area contributed by atoms with Crippen LogP contribution in [0.5, 0.6) is 0 Å². The van der Waals surface area contributed by atoms with Crippen molar-refractivity contribution in [1.29, 1.82) is 0 Å². The van der Waals surface area contributed by atoms with E-state index < -0.39 is 5.54 Å². The molecule has 2 aliphatic heterocycles. The Morgan fingerprint density at radius 3 is 2.46 bits per heavy atom. The van der Waals surface area contributed by atoms with Gasteiger partial charge in [-0.1, -0.05) is 50.2 Å². The molecule has 0 radical (unpaired) electrons. The standard InChI is InChI=1S/C30H34N4O3/c1-21(2)12-15-30(28(36)34(29(37)32-30)20-26-9-5-6-16-31-26)25-13-17-33(18-14-25)27(35)24-11-10-22-7-3-4-8-23(22)19-24/h3-11,16,19,21,25H,12-15,17-18,20H2,1-2H3,(H,32,37)/t30-/m0/s1. The highest BCUT2D eigenvalue weighted by molar-refractivity contribution is 6.07. The van der Waals surface area contributed by atoms with Gasteiger partial charge in [-0.25, -0.2) is 4.79 Å². The number of likely N-dealkylation sites (tertiary alicyclic amines) is 1. The molecule has 0 aliphatic carbocycles. The fourth-order valence-electron chi connectivity index (χ4n) is 5.69. The molecule has 0 saturated carbocycles. The molecule has 192 valence electrons. The molecule has 7 heteroatoms. The minimum Gasteiger partial charge on any atom is -0.339 e. The zero-order valence-electron chi connectivity index (χ0n) is 21.5. The van der Waals surface area contributed by atoms with Gasteiger partial charge in [-0.15, -0.1) is 0 Å². The molecule has 2 saturated heterocycles. The third-order valence-corrected chi connectivity index (χ3v) is 7.84. The summed E-state index contributed by atoms with van der Waals surface area (Å²) >= 11 is 0. The van der Waals surface area contributed by atoms with Crippen molar-refractivity contribution in [1.82, 2.24) is 20.1 Å². The number of pyridine rings is 1. The number of benzene rings is 2. The van der Waals surface area contributed by atoms with E-state index in [1.807, 2.05) is 65.6 Å². The predicted molar refractivity (Wildman–Crippen MR) is 143 cm³/mol. The number of nitrogens with zero attached hydrogens (tertiary/aromatic N) is 3. The lowest BCUT2D eigenvalue weighted by Crippen LogP contribution is -2.56. The first kappa shape index (κ1) is 24.9. The third-order valence-electron chi connectivity index (χ3n) is 7.84. The van der Waals surface area contributed by atoms with Crippen molar-refractivity contribution >= 4 is 28.6 Å². The highest BCUT2D eigenvalue weighted by Crippen LogP contribution is 2.38. The highest BCUT2D eigenvalue weighted by Gasteiger charge is 2.55. The third kappa shape index (κ3) is 4.95. The number of imide groups is 1. The van der Waals surface area contributed by atoms with E-state index in [2.05, 4.69) is 24.1 Å². The van der Waals surface area contributed by atoms with Gasteiger partial charge in [0.1, 0.15) is 5.54 Å². The van der Waals surface area contributed by atoms with Crippen molar-refractivity contribution in [3.8, 4) is 0 Å². The molecule has 3 aromatic rings. The summed E-state index contributed by atoms with van der Waals surface area (Å²) in [6.45, 7) is 5.54. The molecule has 5 rings (SSSR count). The number of nitrogens with one attached hydrogen (secondary N) is 1. The van der Waals surface area contributed by atoms with Crippen LogP contribution < -0.4 is 5.32 Å². The molecular formula is C30H34N4O3. The van der Waals surface area contributed by atoms with Crippen molar-refractivity contribution in [2.75, 3.05) is 13.1 Å². The van der Waals surface area contributed by atoms with Crippen LogP contribution in [-0.2, 0) is 11.3 Å². The summed E-state index contributed by atoms with van der Waals surface area (Å²) in [5, 5.41) is 5.27. The van der Waals surface area contributed by atoms with Gasteiger partial charge in [-0.05, 0) is 72.6 Å². The summed E-state index contributed by atoms with van der Waals surface area (Å²) in [6, 6.07) is 19.0. The summed E-state index contributed by atoms with van der Waals surface area (Å²) in [7, 11) is 0. The normalized spacial score (nSPS) is 20.6. The zero-order chi connectivity index (χ0) is 26.0. The number of amides is 4. The molecule has 2 aliphatic rings. The lowest BCUT2D eigenvalue weighted by molar-refractivity contribution is -0.134. The van der Waals surface area contributed by atoms with Crippen LogP contribution in [0.15, 0.2) is 66.9 Å². The topological polar surface area (TPSA) is 82.6 Å². The number of hydrogen-bond donors (Lipinski definition) is 1. The van der Waals surface area contributed by atoms with Crippen LogP contribution in [0.4, 0.5) is 4.79 Å². The number of rotatable bonds is 7. The summed E-state index contributed by atoms with van der Waals surface area (Å²) in [4.78, 5) is 47.7. The Balaban J connectivity index is 1.32. The smallest absolute Gasteiger partial charge is 0.325 e. The molecule has 7 nitrogen and oxygen atoms in total. The van der Waals surface area contributed by atoms with Crippen molar-refractivity contribution in [2.24, 2.45) is 11.8 Å². The maximum atomic E-state index is 13.8. The first-order valence-electron chi connectivity index (χ1n) is 13.2. The van der Waals surface area contributed by atoms with Crippen LogP contribution in [0.2, 0.25) is 0 Å². The predicted octanol–water partition coefficient (Wildman–Crippen LogP) is 5.01. The van der Waals surface area contributed by atoms with Crippen LogP contribution >= 0.6 is 0 Å². The summed E-state index contributed by atoms with van der Waals surface area (Å²) < 4.78 is 0. The van der Waals surface area contributed by atoms with Crippen LogP contribution in [0.3, 0.4) is 0 Å². The fourth-order valence-corrected chi connectivity index (χ4v) is 5.69. The minimum absolute atomic E-state index is 0.0130. The molecule has 1 aromatic heterocycles. The van der Waals surface area contributed by atoms with Gasteiger partial charge in [-0.3, -0.25) is 19.5 Å². The molecule has 1 atom stereocenters. The second-order valence-corrected chi connectivity index (χ2v) is 10.7. The maximum Gasteiger partial charge on any atom is 0.325 e. The quantitative estimate of drug-likeness (QED) is 0.464. The molecule has 37 heavy (non-hydrogen) atoms. The minimum atomic E-state index is -0.936. The van der Waals surface area contributed by atoms with Crippen molar-refractivity contribution in [3.63, 3.8) is 0 Å². The number of urea groups is 1. The average molecular weight is 499 g/mol. The summed E-state index contributed by atoms with van der Waals surface area (Å²) in [5.41, 5.74) is 0.425. The number of carbonyl (C=O) groups is 3. The van der Waals surface area contributed by atoms with Gasteiger partial charge >= 0.3 is 6.03 Å². The van der Waals surface area contributed by atoms with Crippen LogP contribution in [0.25, 0.3) is 10.8 Å². The lowest BCUT2D eigenvalue weighted by Gasteiger charge is -2.41. The van der Waals surface area contributed by atoms with E-state index >= 15 is 0 Å². The van der Waals surface area contributed by atoms with E-state index in [0.29, 0.717) is 49.5 Å². The average Bonchev–Trinajstić information content (AvgIpc) is 3.17. The second-order valence-electron chi connectivity index (χ2n) is 10.7.